The first-order valence-corrected chi connectivity index (χ1v) is 8.28. The van der Waals surface area contributed by atoms with Gasteiger partial charge in [-0.05, 0) is 31.9 Å². The van der Waals surface area contributed by atoms with Gasteiger partial charge in [-0.25, -0.2) is 8.42 Å². The molecule has 1 fully saturated rings. The Labute approximate surface area is 115 Å². The molecule has 4 nitrogen and oxygen atoms in total. The summed E-state index contributed by atoms with van der Waals surface area (Å²) in [6, 6.07) is 7.16. The van der Waals surface area contributed by atoms with Crippen LogP contribution in [0.15, 0.2) is 29.2 Å². The lowest BCUT2D eigenvalue weighted by Crippen LogP contribution is -2.41. The van der Waals surface area contributed by atoms with E-state index >= 15 is 0 Å². The number of hydrogen-bond acceptors (Lipinski definition) is 3. The SMILES string of the molecule is Cc1ccc(S(=O)(=O)N(CCN)C2CCCC2)cc1. The van der Waals surface area contributed by atoms with E-state index in [0.29, 0.717) is 18.0 Å². The third-order valence-corrected chi connectivity index (χ3v) is 5.68. The van der Waals surface area contributed by atoms with E-state index in [2.05, 4.69) is 0 Å². The van der Waals surface area contributed by atoms with Gasteiger partial charge < -0.3 is 5.73 Å². The minimum absolute atomic E-state index is 0.120. The van der Waals surface area contributed by atoms with E-state index in [-0.39, 0.29) is 6.04 Å². The van der Waals surface area contributed by atoms with Gasteiger partial charge >= 0.3 is 0 Å². The van der Waals surface area contributed by atoms with Crippen LogP contribution in [0, 0.1) is 6.92 Å². The van der Waals surface area contributed by atoms with Gasteiger partial charge in [-0.2, -0.15) is 4.31 Å². The lowest BCUT2D eigenvalue weighted by Gasteiger charge is -2.27. The molecule has 106 valence electrons. The largest absolute Gasteiger partial charge is 0.329 e. The van der Waals surface area contributed by atoms with Gasteiger partial charge in [0.25, 0.3) is 0 Å². The maximum absolute atomic E-state index is 12.7. The predicted octanol–water partition coefficient (Wildman–Crippen LogP) is 1.89. The van der Waals surface area contributed by atoms with E-state index in [9.17, 15) is 8.42 Å². The van der Waals surface area contributed by atoms with Crippen LogP contribution in [0.1, 0.15) is 31.2 Å². The van der Waals surface area contributed by atoms with Gasteiger partial charge in [0.05, 0.1) is 4.90 Å². The highest BCUT2D eigenvalue weighted by atomic mass is 32.2. The predicted molar refractivity (Wildman–Crippen MR) is 76.4 cm³/mol. The van der Waals surface area contributed by atoms with Gasteiger partial charge in [-0.1, -0.05) is 30.5 Å². The Kier molecular flexibility index (Phi) is 4.60. The first kappa shape index (κ1) is 14.5. The molecule has 1 aromatic carbocycles. The fraction of sp³-hybridized carbons (Fsp3) is 0.571. The molecular formula is C14H22N2O2S. The van der Waals surface area contributed by atoms with Crippen LogP contribution >= 0.6 is 0 Å². The average molecular weight is 282 g/mol. The molecule has 0 heterocycles. The van der Waals surface area contributed by atoms with Crippen LogP contribution in [-0.4, -0.2) is 31.9 Å². The monoisotopic (exact) mass is 282 g/mol. The Hall–Kier alpha value is -0.910. The number of benzene rings is 1. The molecule has 0 aromatic heterocycles. The third kappa shape index (κ3) is 3.16. The van der Waals surface area contributed by atoms with Crippen molar-refractivity contribution >= 4 is 10.0 Å². The van der Waals surface area contributed by atoms with Crippen molar-refractivity contribution in [2.45, 2.75) is 43.5 Å². The number of aryl methyl sites for hydroxylation is 1. The molecule has 19 heavy (non-hydrogen) atoms. The van der Waals surface area contributed by atoms with Crippen molar-refractivity contribution in [2.75, 3.05) is 13.1 Å². The normalized spacial score (nSPS) is 17.2. The molecule has 0 bridgehead atoms. The summed E-state index contributed by atoms with van der Waals surface area (Å²) in [5.74, 6) is 0. The molecule has 2 rings (SSSR count). The van der Waals surface area contributed by atoms with Crippen LogP contribution in [0.4, 0.5) is 0 Å². The molecule has 0 unspecified atom stereocenters. The van der Waals surface area contributed by atoms with Crippen molar-refractivity contribution in [1.82, 2.24) is 4.31 Å². The second kappa shape index (κ2) is 6.03. The fourth-order valence-electron chi connectivity index (χ4n) is 2.66. The number of sulfonamides is 1. The van der Waals surface area contributed by atoms with E-state index in [4.69, 9.17) is 5.73 Å². The van der Waals surface area contributed by atoms with Crippen molar-refractivity contribution in [3.63, 3.8) is 0 Å². The molecule has 0 atom stereocenters. The second-order valence-corrected chi connectivity index (χ2v) is 7.05. The molecular weight excluding hydrogens is 260 g/mol. The summed E-state index contributed by atoms with van der Waals surface area (Å²) in [5, 5.41) is 0. The average Bonchev–Trinajstić information content (AvgIpc) is 2.89. The smallest absolute Gasteiger partial charge is 0.243 e. The van der Waals surface area contributed by atoms with Gasteiger partial charge in [0.2, 0.25) is 10.0 Å². The van der Waals surface area contributed by atoms with Crippen LogP contribution in [0.5, 0.6) is 0 Å². The molecule has 0 spiro atoms. The van der Waals surface area contributed by atoms with Crippen LogP contribution in [0.25, 0.3) is 0 Å². The molecule has 5 heteroatoms. The number of nitrogens with two attached hydrogens (primary N) is 1. The molecule has 0 radical (unpaired) electrons. The lowest BCUT2D eigenvalue weighted by molar-refractivity contribution is 0.329. The number of rotatable bonds is 5. The minimum atomic E-state index is -3.41. The summed E-state index contributed by atoms with van der Waals surface area (Å²) >= 11 is 0. The van der Waals surface area contributed by atoms with Crippen LogP contribution in [0.3, 0.4) is 0 Å². The van der Waals surface area contributed by atoms with Crippen molar-refractivity contribution in [2.24, 2.45) is 5.73 Å². The van der Waals surface area contributed by atoms with E-state index in [1.165, 1.54) is 0 Å². The molecule has 1 aliphatic rings. The maximum Gasteiger partial charge on any atom is 0.243 e. The second-order valence-electron chi connectivity index (χ2n) is 5.16. The van der Waals surface area contributed by atoms with Gasteiger partial charge in [-0.3, -0.25) is 0 Å². The highest BCUT2D eigenvalue weighted by Crippen LogP contribution is 2.28. The molecule has 0 aliphatic heterocycles. The fourth-order valence-corrected chi connectivity index (χ4v) is 4.36. The third-order valence-electron chi connectivity index (χ3n) is 3.71. The Bertz CT molecular complexity index is 505. The summed E-state index contributed by atoms with van der Waals surface area (Å²) in [6.45, 7) is 2.72. The zero-order chi connectivity index (χ0) is 13.9. The van der Waals surface area contributed by atoms with E-state index in [1.807, 2.05) is 19.1 Å². The van der Waals surface area contributed by atoms with E-state index < -0.39 is 10.0 Å². The Morgan fingerprint density at radius 3 is 2.32 bits per heavy atom. The molecule has 2 N–H and O–H groups in total. The highest BCUT2D eigenvalue weighted by molar-refractivity contribution is 7.89. The topological polar surface area (TPSA) is 63.4 Å². The zero-order valence-electron chi connectivity index (χ0n) is 11.4. The summed E-state index contributed by atoms with van der Waals surface area (Å²) in [4.78, 5) is 0.374. The first-order chi connectivity index (χ1) is 9.05. The minimum Gasteiger partial charge on any atom is -0.329 e. The highest BCUT2D eigenvalue weighted by Gasteiger charge is 2.32. The van der Waals surface area contributed by atoms with Gasteiger partial charge in [0.1, 0.15) is 0 Å². The van der Waals surface area contributed by atoms with Crippen LogP contribution in [-0.2, 0) is 10.0 Å². The maximum atomic E-state index is 12.7. The van der Waals surface area contributed by atoms with Crippen LogP contribution in [0.2, 0.25) is 0 Å². The quantitative estimate of drug-likeness (QED) is 0.897. The molecule has 0 amide bonds. The molecule has 1 saturated carbocycles. The van der Waals surface area contributed by atoms with Gasteiger partial charge in [-0.15, -0.1) is 0 Å². The van der Waals surface area contributed by atoms with Crippen molar-refractivity contribution in [1.29, 1.82) is 0 Å². The van der Waals surface area contributed by atoms with Crippen LogP contribution < -0.4 is 5.73 Å². The summed E-state index contributed by atoms with van der Waals surface area (Å²) < 4.78 is 27.0. The van der Waals surface area contributed by atoms with E-state index in [1.54, 1.807) is 16.4 Å². The number of nitrogens with zero attached hydrogens (tertiary/aromatic N) is 1. The summed E-state index contributed by atoms with van der Waals surface area (Å²) in [6.07, 6.45) is 4.11. The summed E-state index contributed by atoms with van der Waals surface area (Å²) in [5.41, 5.74) is 6.65. The van der Waals surface area contributed by atoms with Crippen molar-refractivity contribution in [3.05, 3.63) is 29.8 Å². The zero-order valence-corrected chi connectivity index (χ0v) is 12.2. The van der Waals surface area contributed by atoms with Crippen molar-refractivity contribution in [3.8, 4) is 0 Å². The van der Waals surface area contributed by atoms with Gasteiger partial charge in [0, 0.05) is 19.1 Å². The Morgan fingerprint density at radius 1 is 1.21 bits per heavy atom. The van der Waals surface area contributed by atoms with E-state index in [0.717, 1.165) is 31.2 Å². The first-order valence-electron chi connectivity index (χ1n) is 6.84. The lowest BCUT2D eigenvalue weighted by atomic mass is 10.2. The molecule has 1 aliphatic carbocycles. The Morgan fingerprint density at radius 2 is 1.79 bits per heavy atom. The molecule has 1 aromatic rings. The Balaban J connectivity index is 2.30. The van der Waals surface area contributed by atoms with Gasteiger partial charge in [0.15, 0.2) is 0 Å². The standard InChI is InChI=1S/C14H22N2O2S/c1-12-6-8-14(9-7-12)19(17,18)16(11-10-15)13-4-2-3-5-13/h6-9,13H,2-5,10-11,15H2,1H3. The molecule has 0 saturated heterocycles. The van der Waals surface area contributed by atoms with Crippen molar-refractivity contribution < 1.29 is 8.42 Å². The number of hydrogen-bond donors (Lipinski definition) is 1. The summed E-state index contributed by atoms with van der Waals surface area (Å²) in [7, 11) is -3.41.